The summed E-state index contributed by atoms with van der Waals surface area (Å²) < 4.78 is 26.0. The number of hydrogen-bond donors (Lipinski definition) is 1. The number of piperidine rings is 1. The van der Waals surface area contributed by atoms with Crippen molar-refractivity contribution < 1.29 is 18.0 Å². The van der Waals surface area contributed by atoms with E-state index in [-0.39, 0.29) is 24.8 Å². The molecule has 7 nitrogen and oxygen atoms in total. The molecule has 2 amide bonds. The molecule has 1 saturated heterocycles. The van der Waals surface area contributed by atoms with Gasteiger partial charge in [-0.05, 0) is 62.4 Å². The molecule has 1 aliphatic heterocycles. The smallest absolute Gasteiger partial charge is 0.255 e. The van der Waals surface area contributed by atoms with Crippen LogP contribution in [0, 0.1) is 6.92 Å². The van der Waals surface area contributed by atoms with E-state index in [2.05, 4.69) is 5.32 Å². The Morgan fingerprint density at radius 2 is 1.76 bits per heavy atom. The summed E-state index contributed by atoms with van der Waals surface area (Å²) >= 11 is 6.16. The summed E-state index contributed by atoms with van der Waals surface area (Å²) in [4.78, 5) is 27.4. The van der Waals surface area contributed by atoms with Crippen molar-refractivity contribution in [3.63, 3.8) is 0 Å². The van der Waals surface area contributed by atoms with E-state index in [1.807, 2.05) is 4.90 Å². The van der Waals surface area contributed by atoms with E-state index in [1.54, 1.807) is 49.4 Å². The maximum absolute atomic E-state index is 12.9. The van der Waals surface area contributed by atoms with Gasteiger partial charge in [0.2, 0.25) is 15.9 Å². The number of nitrogens with zero attached hydrogens (tertiary/aromatic N) is 2. The fourth-order valence-electron chi connectivity index (χ4n) is 3.97. The van der Waals surface area contributed by atoms with Crippen LogP contribution in [-0.4, -0.2) is 51.0 Å². The first-order chi connectivity index (χ1) is 15.7. The highest BCUT2D eigenvalue weighted by molar-refractivity contribution is 7.92. The van der Waals surface area contributed by atoms with Crippen LogP contribution in [0.3, 0.4) is 0 Å². The van der Waals surface area contributed by atoms with Crippen molar-refractivity contribution in [2.75, 3.05) is 35.5 Å². The van der Waals surface area contributed by atoms with E-state index in [0.29, 0.717) is 33.9 Å². The molecule has 0 atom stereocenters. The number of anilines is 2. The van der Waals surface area contributed by atoms with Gasteiger partial charge in [-0.2, -0.15) is 0 Å². The highest BCUT2D eigenvalue weighted by Gasteiger charge is 2.22. The van der Waals surface area contributed by atoms with Gasteiger partial charge in [-0.3, -0.25) is 13.9 Å². The third-order valence-electron chi connectivity index (χ3n) is 5.75. The quantitative estimate of drug-likeness (QED) is 0.590. The number of nitrogens with one attached hydrogen (secondary N) is 1. The van der Waals surface area contributed by atoms with Crippen molar-refractivity contribution >= 4 is 44.8 Å². The molecule has 0 radical (unpaired) electrons. The lowest BCUT2D eigenvalue weighted by molar-refractivity contribution is -0.116. The predicted octanol–water partition coefficient (Wildman–Crippen LogP) is 4.46. The number of hydrogen-bond acceptors (Lipinski definition) is 4. The molecule has 1 heterocycles. The first-order valence-corrected chi connectivity index (χ1v) is 13.3. The molecule has 9 heteroatoms. The van der Waals surface area contributed by atoms with Gasteiger partial charge in [-0.1, -0.05) is 29.8 Å². The lowest BCUT2D eigenvalue weighted by atomic mass is 10.1. The fourth-order valence-corrected chi connectivity index (χ4v) is 5.16. The summed E-state index contributed by atoms with van der Waals surface area (Å²) in [5.74, 6) is -0.351. The van der Waals surface area contributed by atoms with Gasteiger partial charge in [0.15, 0.2) is 0 Å². The molecule has 0 aliphatic carbocycles. The van der Waals surface area contributed by atoms with Crippen LogP contribution in [0.1, 0.15) is 48.0 Å². The van der Waals surface area contributed by atoms with E-state index in [4.69, 9.17) is 11.6 Å². The normalized spacial score (nSPS) is 14.1. The maximum Gasteiger partial charge on any atom is 0.255 e. The van der Waals surface area contributed by atoms with Crippen molar-refractivity contribution in [1.29, 1.82) is 0 Å². The van der Waals surface area contributed by atoms with Gasteiger partial charge in [0, 0.05) is 31.1 Å². The van der Waals surface area contributed by atoms with Gasteiger partial charge in [0.1, 0.15) is 0 Å². The number of halogens is 1. The Morgan fingerprint density at radius 1 is 1.06 bits per heavy atom. The monoisotopic (exact) mass is 491 g/mol. The number of para-hydroxylation sites is 1. The van der Waals surface area contributed by atoms with Gasteiger partial charge >= 0.3 is 0 Å². The molecule has 2 aromatic carbocycles. The number of sulfonamides is 1. The zero-order valence-corrected chi connectivity index (χ0v) is 20.6. The summed E-state index contributed by atoms with van der Waals surface area (Å²) in [7, 11) is -3.55. The van der Waals surface area contributed by atoms with Crippen LogP contribution in [-0.2, 0) is 14.8 Å². The third-order valence-corrected chi connectivity index (χ3v) is 7.34. The molecule has 1 aliphatic rings. The van der Waals surface area contributed by atoms with Gasteiger partial charge in [0.25, 0.3) is 5.91 Å². The number of amides is 2. The Labute approximate surface area is 200 Å². The molecule has 1 N–H and O–H groups in total. The van der Waals surface area contributed by atoms with Crippen LogP contribution >= 0.6 is 11.6 Å². The molecule has 0 spiro atoms. The average molecular weight is 492 g/mol. The summed E-state index contributed by atoms with van der Waals surface area (Å²) in [5.41, 5.74) is 2.12. The van der Waals surface area contributed by atoms with Crippen LogP contribution in [0.15, 0.2) is 42.5 Å². The van der Waals surface area contributed by atoms with Crippen LogP contribution in [0.2, 0.25) is 5.02 Å². The van der Waals surface area contributed by atoms with E-state index in [1.165, 1.54) is 4.31 Å². The molecular weight excluding hydrogens is 462 g/mol. The van der Waals surface area contributed by atoms with Crippen LogP contribution in [0.5, 0.6) is 0 Å². The second-order valence-electron chi connectivity index (χ2n) is 8.27. The zero-order chi connectivity index (χ0) is 24.0. The number of carbonyl (C=O) groups excluding carboxylic acids is 2. The van der Waals surface area contributed by atoms with Crippen LogP contribution < -0.4 is 9.62 Å². The van der Waals surface area contributed by atoms with Gasteiger partial charge < -0.3 is 10.2 Å². The Morgan fingerprint density at radius 3 is 2.45 bits per heavy atom. The summed E-state index contributed by atoms with van der Waals surface area (Å²) in [6, 6.07) is 12.1. The first kappa shape index (κ1) is 25.1. The highest BCUT2D eigenvalue weighted by Crippen LogP contribution is 2.28. The SMILES string of the molecule is Cc1c(Cl)cccc1N(CCCC(=O)Nc1ccccc1C(=O)N1CCCCC1)S(C)(=O)=O. The molecule has 3 rings (SSSR count). The van der Waals surface area contributed by atoms with E-state index < -0.39 is 10.0 Å². The Kier molecular flexibility index (Phi) is 8.37. The average Bonchev–Trinajstić information content (AvgIpc) is 2.79. The number of likely N-dealkylation sites (tertiary alicyclic amines) is 1. The lowest BCUT2D eigenvalue weighted by Gasteiger charge is -2.27. The lowest BCUT2D eigenvalue weighted by Crippen LogP contribution is -2.36. The Balaban J connectivity index is 1.64. The molecule has 0 saturated carbocycles. The van der Waals surface area contributed by atoms with Crippen LogP contribution in [0.4, 0.5) is 11.4 Å². The molecule has 2 aromatic rings. The van der Waals surface area contributed by atoms with Crippen molar-refractivity contribution in [3.8, 4) is 0 Å². The summed E-state index contributed by atoms with van der Waals surface area (Å²) in [6.45, 7) is 3.36. The van der Waals surface area contributed by atoms with Crippen molar-refractivity contribution in [2.45, 2.75) is 39.0 Å². The highest BCUT2D eigenvalue weighted by atomic mass is 35.5. The van der Waals surface area contributed by atoms with Crippen molar-refractivity contribution in [2.24, 2.45) is 0 Å². The number of carbonyl (C=O) groups is 2. The minimum absolute atomic E-state index is 0.0784. The summed E-state index contributed by atoms with van der Waals surface area (Å²) in [5, 5.41) is 3.31. The Bertz CT molecular complexity index is 1110. The van der Waals surface area contributed by atoms with E-state index in [0.717, 1.165) is 38.6 Å². The summed E-state index contributed by atoms with van der Waals surface area (Å²) in [6.07, 6.45) is 4.66. The maximum atomic E-state index is 12.9. The molecule has 0 aromatic heterocycles. The topological polar surface area (TPSA) is 86.8 Å². The number of benzene rings is 2. The van der Waals surface area contributed by atoms with Crippen molar-refractivity contribution in [3.05, 3.63) is 58.6 Å². The zero-order valence-electron chi connectivity index (χ0n) is 19.0. The molecular formula is C24H30ClN3O4S. The minimum Gasteiger partial charge on any atom is -0.339 e. The standard InChI is InChI=1S/C24H30ClN3O4S/c1-18-20(25)11-8-13-22(18)28(33(2,31)32)17-9-14-23(29)26-21-12-5-4-10-19(21)24(30)27-15-6-3-7-16-27/h4-5,8,10-13H,3,6-7,9,14-17H2,1-2H3,(H,26,29). The third kappa shape index (κ3) is 6.48. The largest absolute Gasteiger partial charge is 0.339 e. The predicted molar refractivity (Wildman–Crippen MR) is 132 cm³/mol. The van der Waals surface area contributed by atoms with Crippen molar-refractivity contribution in [1.82, 2.24) is 4.90 Å². The second kappa shape index (κ2) is 11.0. The Hall–Kier alpha value is -2.58. The second-order valence-corrected chi connectivity index (χ2v) is 10.6. The molecule has 0 unspecified atom stereocenters. The minimum atomic E-state index is -3.55. The van der Waals surface area contributed by atoms with Crippen LogP contribution in [0.25, 0.3) is 0 Å². The van der Waals surface area contributed by atoms with Gasteiger partial charge in [-0.25, -0.2) is 8.42 Å². The first-order valence-electron chi connectivity index (χ1n) is 11.1. The molecule has 0 bridgehead atoms. The number of rotatable bonds is 8. The fraction of sp³-hybridized carbons (Fsp3) is 0.417. The molecule has 178 valence electrons. The van der Waals surface area contributed by atoms with Gasteiger partial charge in [0.05, 0.1) is 23.2 Å². The van der Waals surface area contributed by atoms with Gasteiger partial charge in [-0.15, -0.1) is 0 Å². The molecule has 33 heavy (non-hydrogen) atoms. The van der Waals surface area contributed by atoms with E-state index in [9.17, 15) is 18.0 Å². The molecule has 1 fully saturated rings. The van der Waals surface area contributed by atoms with E-state index >= 15 is 0 Å².